The fourth-order valence-corrected chi connectivity index (χ4v) is 2.79. The van der Waals surface area contributed by atoms with Crippen LogP contribution >= 0.6 is 0 Å². The minimum Gasteiger partial charge on any atom is -0.496 e. The Morgan fingerprint density at radius 2 is 2.21 bits per heavy atom. The van der Waals surface area contributed by atoms with Crippen LogP contribution in [0.25, 0.3) is 0 Å². The number of methoxy groups -OCH3 is 1. The van der Waals surface area contributed by atoms with Gasteiger partial charge in [0.15, 0.2) is 0 Å². The highest BCUT2D eigenvalue weighted by molar-refractivity contribution is 5.40. The monoisotopic (exact) mass is 262 g/mol. The Labute approximate surface area is 116 Å². The molecular weight excluding hydrogens is 236 g/mol. The normalized spacial score (nSPS) is 20.8. The van der Waals surface area contributed by atoms with Gasteiger partial charge >= 0.3 is 0 Å². The van der Waals surface area contributed by atoms with Gasteiger partial charge in [0.25, 0.3) is 0 Å². The molecule has 0 aromatic heterocycles. The third-order valence-electron chi connectivity index (χ3n) is 4.02. The Hall–Kier alpha value is -1.06. The smallest absolute Gasteiger partial charge is 0.123 e. The molecule has 0 amide bonds. The predicted molar refractivity (Wildman–Crippen MR) is 79.7 cm³/mol. The number of rotatable bonds is 5. The zero-order chi connectivity index (χ0) is 13.8. The number of nitrogens with two attached hydrogens (primary N) is 1. The Bertz CT molecular complexity index is 411. The van der Waals surface area contributed by atoms with Crippen LogP contribution in [-0.2, 0) is 0 Å². The lowest BCUT2D eigenvalue weighted by Crippen LogP contribution is -2.27. The average Bonchev–Trinajstić information content (AvgIpc) is 2.90. The molecule has 0 saturated carbocycles. The molecule has 2 unspecified atom stereocenters. The Morgan fingerprint density at radius 3 is 2.79 bits per heavy atom. The van der Waals surface area contributed by atoms with Crippen LogP contribution in [-0.4, -0.2) is 19.7 Å². The summed E-state index contributed by atoms with van der Waals surface area (Å²) in [5.41, 5.74) is 8.87. The first-order valence-electron chi connectivity index (χ1n) is 7.28. The lowest BCUT2D eigenvalue weighted by Gasteiger charge is -2.21. The van der Waals surface area contributed by atoms with E-state index < -0.39 is 0 Å². The van der Waals surface area contributed by atoms with Gasteiger partial charge in [-0.1, -0.05) is 26.0 Å². The summed E-state index contributed by atoms with van der Waals surface area (Å²) in [6.45, 7) is 5.53. The van der Waals surface area contributed by atoms with Gasteiger partial charge in [0.2, 0.25) is 0 Å². The minimum atomic E-state index is 0.0456. The molecule has 1 heterocycles. The molecule has 3 N–H and O–H groups in total. The number of hydrogen-bond donors (Lipinski definition) is 2. The van der Waals surface area contributed by atoms with Gasteiger partial charge in [-0.2, -0.15) is 0 Å². The van der Waals surface area contributed by atoms with Crippen molar-refractivity contribution < 1.29 is 4.74 Å². The first-order valence-corrected chi connectivity index (χ1v) is 7.28. The van der Waals surface area contributed by atoms with Gasteiger partial charge in [-0.3, -0.25) is 0 Å². The molecule has 0 radical (unpaired) electrons. The van der Waals surface area contributed by atoms with Gasteiger partial charge in [0.05, 0.1) is 7.11 Å². The molecular formula is C16H26N2O. The second kappa shape index (κ2) is 6.40. The average molecular weight is 262 g/mol. The number of nitrogens with one attached hydrogen (secondary N) is 1. The van der Waals surface area contributed by atoms with Crippen LogP contribution < -0.4 is 15.8 Å². The summed E-state index contributed by atoms with van der Waals surface area (Å²) < 4.78 is 5.47. The van der Waals surface area contributed by atoms with E-state index in [-0.39, 0.29) is 6.04 Å². The van der Waals surface area contributed by atoms with Crippen LogP contribution in [0.4, 0.5) is 0 Å². The number of hydrogen-bond acceptors (Lipinski definition) is 3. The highest BCUT2D eigenvalue weighted by atomic mass is 16.5. The third kappa shape index (κ3) is 3.48. The van der Waals surface area contributed by atoms with E-state index in [2.05, 4.69) is 31.3 Å². The van der Waals surface area contributed by atoms with Crippen molar-refractivity contribution in [3.63, 3.8) is 0 Å². The molecule has 1 aliphatic rings. The molecule has 1 fully saturated rings. The second-order valence-corrected chi connectivity index (χ2v) is 5.79. The van der Waals surface area contributed by atoms with Crippen LogP contribution in [0, 0.1) is 0 Å². The maximum Gasteiger partial charge on any atom is 0.123 e. The Kier molecular flexibility index (Phi) is 4.83. The van der Waals surface area contributed by atoms with E-state index in [1.54, 1.807) is 7.11 Å². The van der Waals surface area contributed by atoms with Gasteiger partial charge in [0.1, 0.15) is 5.75 Å². The van der Waals surface area contributed by atoms with Crippen LogP contribution in [0.2, 0.25) is 0 Å². The van der Waals surface area contributed by atoms with Crippen LogP contribution in [0.3, 0.4) is 0 Å². The minimum absolute atomic E-state index is 0.0456. The van der Waals surface area contributed by atoms with Crippen molar-refractivity contribution in [2.75, 3.05) is 13.7 Å². The quantitative estimate of drug-likeness (QED) is 0.857. The largest absolute Gasteiger partial charge is 0.496 e. The van der Waals surface area contributed by atoms with E-state index in [4.69, 9.17) is 10.5 Å². The lowest BCUT2D eigenvalue weighted by atomic mass is 9.93. The maximum atomic E-state index is 6.40. The fraction of sp³-hybridized carbons (Fsp3) is 0.625. The first kappa shape index (κ1) is 14.4. The number of ether oxygens (including phenoxy) is 1. The van der Waals surface area contributed by atoms with Crippen molar-refractivity contribution in [2.24, 2.45) is 5.73 Å². The van der Waals surface area contributed by atoms with E-state index in [1.807, 2.05) is 6.07 Å². The molecule has 2 rings (SSSR count). The van der Waals surface area contributed by atoms with Gasteiger partial charge in [-0.25, -0.2) is 0 Å². The van der Waals surface area contributed by atoms with Crippen molar-refractivity contribution in [2.45, 2.75) is 51.1 Å². The summed E-state index contributed by atoms with van der Waals surface area (Å²) in [4.78, 5) is 0. The standard InChI is InChI=1S/C16H26N2O/c1-11(2)12-6-7-16(19-3)14(9-12)15(17)10-13-5-4-8-18-13/h6-7,9,11,13,15,18H,4-5,8,10,17H2,1-3H3. The van der Waals surface area contributed by atoms with Gasteiger partial charge in [-0.05, 0) is 43.4 Å². The highest BCUT2D eigenvalue weighted by Crippen LogP contribution is 2.31. The number of benzene rings is 1. The first-order chi connectivity index (χ1) is 9.11. The SMILES string of the molecule is COc1ccc(C(C)C)cc1C(N)CC1CCCN1. The predicted octanol–water partition coefficient (Wildman–Crippen LogP) is 2.96. The van der Waals surface area contributed by atoms with E-state index in [1.165, 1.54) is 18.4 Å². The molecule has 1 saturated heterocycles. The Balaban J connectivity index is 2.17. The van der Waals surface area contributed by atoms with E-state index >= 15 is 0 Å². The van der Waals surface area contributed by atoms with E-state index in [0.29, 0.717) is 12.0 Å². The van der Waals surface area contributed by atoms with Crippen molar-refractivity contribution >= 4 is 0 Å². The van der Waals surface area contributed by atoms with Crippen molar-refractivity contribution in [3.05, 3.63) is 29.3 Å². The molecule has 3 nitrogen and oxygen atoms in total. The van der Waals surface area contributed by atoms with Crippen LogP contribution in [0.5, 0.6) is 5.75 Å². The topological polar surface area (TPSA) is 47.3 Å². The summed E-state index contributed by atoms with van der Waals surface area (Å²) in [6.07, 6.45) is 3.48. The van der Waals surface area contributed by atoms with Gasteiger partial charge in [-0.15, -0.1) is 0 Å². The lowest BCUT2D eigenvalue weighted by molar-refractivity contribution is 0.399. The molecule has 3 heteroatoms. The zero-order valence-electron chi connectivity index (χ0n) is 12.3. The van der Waals surface area contributed by atoms with Crippen molar-refractivity contribution in [1.82, 2.24) is 5.32 Å². The molecule has 2 atom stereocenters. The fourth-order valence-electron chi connectivity index (χ4n) is 2.79. The van der Waals surface area contributed by atoms with Crippen LogP contribution in [0.15, 0.2) is 18.2 Å². The zero-order valence-corrected chi connectivity index (χ0v) is 12.3. The van der Waals surface area contributed by atoms with Crippen molar-refractivity contribution in [1.29, 1.82) is 0 Å². The van der Waals surface area contributed by atoms with Crippen molar-refractivity contribution in [3.8, 4) is 5.75 Å². The molecule has 19 heavy (non-hydrogen) atoms. The molecule has 106 valence electrons. The summed E-state index contributed by atoms with van der Waals surface area (Å²) in [7, 11) is 1.72. The van der Waals surface area contributed by atoms with Crippen LogP contribution in [0.1, 0.15) is 56.2 Å². The second-order valence-electron chi connectivity index (χ2n) is 5.79. The maximum absolute atomic E-state index is 6.40. The highest BCUT2D eigenvalue weighted by Gasteiger charge is 2.21. The van der Waals surface area contributed by atoms with Gasteiger partial charge < -0.3 is 15.8 Å². The third-order valence-corrected chi connectivity index (χ3v) is 4.02. The Morgan fingerprint density at radius 1 is 1.42 bits per heavy atom. The van der Waals surface area contributed by atoms with E-state index in [0.717, 1.165) is 24.3 Å². The molecule has 0 spiro atoms. The summed E-state index contributed by atoms with van der Waals surface area (Å²) >= 11 is 0. The summed E-state index contributed by atoms with van der Waals surface area (Å²) in [5.74, 6) is 1.43. The summed E-state index contributed by atoms with van der Waals surface area (Å²) in [6, 6.07) is 7.00. The molecule has 1 aromatic rings. The van der Waals surface area contributed by atoms with Gasteiger partial charge in [0, 0.05) is 17.6 Å². The molecule has 1 aliphatic heterocycles. The van der Waals surface area contributed by atoms with E-state index in [9.17, 15) is 0 Å². The molecule has 1 aromatic carbocycles. The molecule has 0 bridgehead atoms. The molecule has 0 aliphatic carbocycles. The summed E-state index contributed by atoms with van der Waals surface area (Å²) in [5, 5.41) is 3.51.